The maximum Gasteiger partial charge on any atom is 0.191 e. The summed E-state index contributed by atoms with van der Waals surface area (Å²) in [6.45, 7) is 0.566. The number of hydrogen-bond donors (Lipinski definition) is 0. The van der Waals surface area contributed by atoms with Gasteiger partial charge >= 0.3 is 0 Å². The molecule has 1 heterocycles. The van der Waals surface area contributed by atoms with E-state index in [-0.39, 0.29) is 5.82 Å². The van der Waals surface area contributed by atoms with E-state index in [1.54, 1.807) is 22.8 Å². The Morgan fingerprint density at radius 3 is 2.57 bits per heavy atom. The quantitative estimate of drug-likeness (QED) is 0.509. The zero-order chi connectivity index (χ0) is 16.1. The van der Waals surface area contributed by atoms with E-state index >= 15 is 0 Å². The Kier molecular flexibility index (Phi) is 4.92. The molecular weight excluding hydrogens is 313 g/mol. The topological polar surface area (TPSA) is 39.9 Å². The summed E-state index contributed by atoms with van der Waals surface area (Å²) in [4.78, 5) is 0. The van der Waals surface area contributed by atoms with Gasteiger partial charge in [0, 0.05) is 12.8 Å². The van der Waals surface area contributed by atoms with Gasteiger partial charge in [0.25, 0.3) is 0 Å². The predicted octanol–water partition coefficient (Wildman–Crippen LogP) is 3.79. The van der Waals surface area contributed by atoms with Crippen molar-refractivity contribution in [3.05, 3.63) is 60.4 Å². The SMILES string of the molecule is Cn1c(SCCOc2ccccc2)nnc1-c1ccccc1F. The van der Waals surface area contributed by atoms with Crippen LogP contribution in [-0.2, 0) is 7.05 Å². The van der Waals surface area contributed by atoms with Crippen LogP contribution in [0.1, 0.15) is 0 Å². The fourth-order valence-corrected chi connectivity index (χ4v) is 2.85. The molecule has 0 saturated heterocycles. The lowest BCUT2D eigenvalue weighted by atomic mass is 10.2. The molecule has 0 aliphatic carbocycles. The summed E-state index contributed by atoms with van der Waals surface area (Å²) in [6.07, 6.45) is 0. The standard InChI is InChI=1S/C17H16FN3OS/c1-21-16(14-9-5-6-10-15(14)18)19-20-17(21)23-12-11-22-13-7-3-2-4-8-13/h2-10H,11-12H2,1H3. The van der Waals surface area contributed by atoms with Crippen LogP contribution in [0.3, 0.4) is 0 Å². The molecule has 0 fully saturated rings. The summed E-state index contributed by atoms with van der Waals surface area (Å²) in [5.41, 5.74) is 0.454. The summed E-state index contributed by atoms with van der Waals surface area (Å²) in [7, 11) is 1.84. The lowest BCUT2D eigenvalue weighted by Crippen LogP contribution is -2.02. The van der Waals surface area contributed by atoms with Crippen LogP contribution in [0.15, 0.2) is 59.8 Å². The summed E-state index contributed by atoms with van der Waals surface area (Å²) >= 11 is 1.53. The summed E-state index contributed by atoms with van der Waals surface area (Å²) < 4.78 is 21.3. The molecule has 0 spiro atoms. The molecule has 0 saturated carbocycles. The van der Waals surface area contributed by atoms with Gasteiger partial charge in [-0.1, -0.05) is 42.1 Å². The van der Waals surface area contributed by atoms with E-state index in [0.29, 0.717) is 18.0 Å². The van der Waals surface area contributed by atoms with Crippen LogP contribution < -0.4 is 4.74 Å². The summed E-state index contributed by atoms with van der Waals surface area (Å²) in [6, 6.07) is 16.2. The van der Waals surface area contributed by atoms with Crippen molar-refractivity contribution in [3.63, 3.8) is 0 Å². The van der Waals surface area contributed by atoms with Crippen LogP contribution in [0.2, 0.25) is 0 Å². The van der Waals surface area contributed by atoms with Gasteiger partial charge in [-0.05, 0) is 24.3 Å². The summed E-state index contributed by atoms with van der Waals surface area (Å²) in [5.74, 6) is 1.80. The average molecular weight is 329 g/mol. The van der Waals surface area contributed by atoms with Gasteiger partial charge in [-0.25, -0.2) is 4.39 Å². The minimum atomic E-state index is -0.299. The zero-order valence-electron chi connectivity index (χ0n) is 12.6. The van der Waals surface area contributed by atoms with Crippen LogP contribution in [0, 0.1) is 5.82 Å². The van der Waals surface area contributed by atoms with Crippen molar-refractivity contribution in [3.8, 4) is 17.1 Å². The highest BCUT2D eigenvalue weighted by molar-refractivity contribution is 7.99. The van der Waals surface area contributed by atoms with Crippen LogP contribution in [-0.4, -0.2) is 27.1 Å². The molecule has 0 aliphatic rings. The first-order chi connectivity index (χ1) is 11.3. The van der Waals surface area contributed by atoms with Gasteiger partial charge in [0.1, 0.15) is 11.6 Å². The zero-order valence-corrected chi connectivity index (χ0v) is 13.5. The summed E-state index contributed by atoms with van der Waals surface area (Å²) in [5, 5.41) is 8.96. The molecule has 1 aromatic heterocycles. The Bertz CT molecular complexity index is 777. The number of halogens is 1. The van der Waals surface area contributed by atoms with E-state index in [1.165, 1.54) is 17.8 Å². The minimum absolute atomic E-state index is 0.299. The Hall–Kier alpha value is -2.34. The molecule has 0 aliphatic heterocycles. The van der Waals surface area contributed by atoms with E-state index in [0.717, 1.165) is 16.7 Å². The third kappa shape index (κ3) is 3.71. The van der Waals surface area contributed by atoms with E-state index < -0.39 is 0 Å². The molecule has 118 valence electrons. The molecule has 0 atom stereocenters. The van der Waals surface area contributed by atoms with Crippen molar-refractivity contribution in [2.45, 2.75) is 5.16 Å². The lowest BCUT2D eigenvalue weighted by Gasteiger charge is -2.06. The van der Waals surface area contributed by atoms with Crippen LogP contribution in [0.4, 0.5) is 4.39 Å². The van der Waals surface area contributed by atoms with E-state index in [4.69, 9.17) is 4.74 Å². The second-order valence-corrected chi connectivity index (χ2v) is 5.92. The highest BCUT2D eigenvalue weighted by atomic mass is 32.2. The van der Waals surface area contributed by atoms with E-state index in [2.05, 4.69) is 10.2 Å². The van der Waals surface area contributed by atoms with Crippen molar-refractivity contribution in [2.24, 2.45) is 7.05 Å². The average Bonchev–Trinajstić information content (AvgIpc) is 2.94. The molecule has 0 bridgehead atoms. The molecular formula is C17H16FN3OS. The Balaban J connectivity index is 1.61. The minimum Gasteiger partial charge on any atom is -0.493 e. The number of thioether (sulfide) groups is 1. The first-order valence-electron chi connectivity index (χ1n) is 7.20. The van der Waals surface area contributed by atoms with E-state index in [1.807, 2.05) is 37.4 Å². The molecule has 3 aromatic rings. The van der Waals surface area contributed by atoms with Gasteiger partial charge in [-0.3, -0.25) is 0 Å². The molecule has 23 heavy (non-hydrogen) atoms. The second-order valence-electron chi connectivity index (χ2n) is 4.86. The van der Waals surface area contributed by atoms with Crippen LogP contribution >= 0.6 is 11.8 Å². The van der Waals surface area contributed by atoms with Gasteiger partial charge in [0.15, 0.2) is 11.0 Å². The van der Waals surface area contributed by atoms with Crippen LogP contribution in [0.25, 0.3) is 11.4 Å². The Morgan fingerprint density at radius 1 is 1.04 bits per heavy atom. The number of ether oxygens (including phenoxy) is 1. The maximum atomic E-state index is 13.9. The monoisotopic (exact) mass is 329 g/mol. The molecule has 4 nitrogen and oxygen atoms in total. The van der Waals surface area contributed by atoms with Gasteiger partial charge < -0.3 is 9.30 Å². The first kappa shape index (κ1) is 15.6. The molecule has 0 radical (unpaired) electrons. The molecule has 3 rings (SSSR count). The van der Waals surface area contributed by atoms with Gasteiger partial charge in [-0.15, -0.1) is 10.2 Å². The van der Waals surface area contributed by atoms with Gasteiger partial charge in [-0.2, -0.15) is 0 Å². The molecule has 0 N–H and O–H groups in total. The Morgan fingerprint density at radius 2 is 1.78 bits per heavy atom. The highest BCUT2D eigenvalue weighted by Crippen LogP contribution is 2.24. The normalized spacial score (nSPS) is 10.7. The number of nitrogens with zero attached hydrogens (tertiary/aromatic N) is 3. The third-order valence-corrected chi connectivity index (χ3v) is 4.26. The van der Waals surface area contributed by atoms with Crippen molar-refractivity contribution >= 4 is 11.8 Å². The molecule has 0 amide bonds. The van der Waals surface area contributed by atoms with Crippen molar-refractivity contribution in [1.29, 1.82) is 0 Å². The Labute approximate surface area is 138 Å². The highest BCUT2D eigenvalue weighted by Gasteiger charge is 2.14. The maximum absolute atomic E-state index is 13.9. The number of benzene rings is 2. The van der Waals surface area contributed by atoms with E-state index in [9.17, 15) is 4.39 Å². The fourth-order valence-electron chi connectivity index (χ4n) is 2.13. The van der Waals surface area contributed by atoms with Crippen molar-refractivity contribution in [2.75, 3.05) is 12.4 Å². The molecule has 6 heteroatoms. The smallest absolute Gasteiger partial charge is 0.191 e. The fraction of sp³-hybridized carbons (Fsp3) is 0.176. The number of para-hydroxylation sites is 1. The largest absolute Gasteiger partial charge is 0.493 e. The molecule has 0 unspecified atom stereocenters. The lowest BCUT2D eigenvalue weighted by molar-refractivity contribution is 0.344. The van der Waals surface area contributed by atoms with Crippen molar-refractivity contribution in [1.82, 2.24) is 14.8 Å². The number of rotatable bonds is 6. The molecule has 2 aromatic carbocycles. The first-order valence-corrected chi connectivity index (χ1v) is 8.19. The van der Waals surface area contributed by atoms with Crippen LogP contribution in [0.5, 0.6) is 5.75 Å². The predicted molar refractivity (Wildman–Crippen MR) is 89.1 cm³/mol. The third-order valence-electron chi connectivity index (χ3n) is 3.28. The second kappa shape index (κ2) is 7.28. The number of hydrogen-bond acceptors (Lipinski definition) is 4. The van der Waals surface area contributed by atoms with Gasteiger partial charge in [0.05, 0.1) is 12.2 Å². The van der Waals surface area contributed by atoms with Gasteiger partial charge in [0.2, 0.25) is 0 Å². The van der Waals surface area contributed by atoms with Crippen molar-refractivity contribution < 1.29 is 9.13 Å². The number of aromatic nitrogens is 3.